The Kier molecular flexibility index (Phi) is 7.57. The number of benzene rings is 1. The standard InChI is InChI=1S/C17H28N2.ClH/c1-17(2,11-8-15-6-4-3-5-7-15)19-14-16-9-12-18-13-10-16;/h3-7,16,18-19H,8-14H2,1-2H3;1H. The van der Waals surface area contributed by atoms with Gasteiger partial charge >= 0.3 is 0 Å². The summed E-state index contributed by atoms with van der Waals surface area (Å²) in [7, 11) is 0. The Hall–Kier alpha value is -0.570. The predicted molar refractivity (Wildman–Crippen MR) is 89.7 cm³/mol. The molecule has 1 saturated heterocycles. The zero-order chi connectivity index (χ0) is 13.6. The second kappa shape index (κ2) is 8.66. The van der Waals surface area contributed by atoms with E-state index in [-0.39, 0.29) is 17.9 Å². The maximum Gasteiger partial charge on any atom is 0.0128 e. The van der Waals surface area contributed by atoms with E-state index in [1.165, 1.54) is 44.5 Å². The van der Waals surface area contributed by atoms with Gasteiger partial charge in [0.15, 0.2) is 0 Å². The molecule has 3 heteroatoms. The Morgan fingerprint density at radius 1 is 1.15 bits per heavy atom. The van der Waals surface area contributed by atoms with Crippen molar-refractivity contribution in [1.29, 1.82) is 0 Å². The fraction of sp³-hybridized carbons (Fsp3) is 0.647. The van der Waals surface area contributed by atoms with Gasteiger partial charge in [-0.1, -0.05) is 30.3 Å². The topological polar surface area (TPSA) is 24.1 Å². The van der Waals surface area contributed by atoms with Crippen molar-refractivity contribution in [2.75, 3.05) is 19.6 Å². The van der Waals surface area contributed by atoms with Crippen LogP contribution in [0.3, 0.4) is 0 Å². The van der Waals surface area contributed by atoms with Gasteiger partial charge in [0, 0.05) is 5.54 Å². The SMILES string of the molecule is CC(C)(CCc1ccccc1)NCC1CCNCC1.Cl. The maximum absolute atomic E-state index is 3.77. The monoisotopic (exact) mass is 296 g/mol. The van der Waals surface area contributed by atoms with Gasteiger partial charge in [-0.2, -0.15) is 0 Å². The first-order chi connectivity index (χ1) is 9.16. The fourth-order valence-electron chi connectivity index (χ4n) is 2.70. The molecule has 1 aromatic rings. The van der Waals surface area contributed by atoms with Crippen molar-refractivity contribution in [2.24, 2.45) is 5.92 Å². The van der Waals surface area contributed by atoms with Crippen LogP contribution in [0.15, 0.2) is 30.3 Å². The molecule has 1 aromatic carbocycles. The van der Waals surface area contributed by atoms with E-state index in [0.29, 0.717) is 0 Å². The molecule has 1 heterocycles. The molecule has 0 aliphatic carbocycles. The van der Waals surface area contributed by atoms with E-state index in [9.17, 15) is 0 Å². The molecule has 0 atom stereocenters. The van der Waals surface area contributed by atoms with Gasteiger partial charge in [-0.15, -0.1) is 12.4 Å². The number of piperidine rings is 1. The van der Waals surface area contributed by atoms with Crippen LogP contribution < -0.4 is 10.6 Å². The van der Waals surface area contributed by atoms with E-state index in [1.54, 1.807) is 0 Å². The third-order valence-electron chi connectivity index (χ3n) is 4.21. The summed E-state index contributed by atoms with van der Waals surface area (Å²) >= 11 is 0. The van der Waals surface area contributed by atoms with Gasteiger partial charge in [0.25, 0.3) is 0 Å². The maximum atomic E-state index is 3.77. The Morgan fingerprint density at radius 2 is 1.80 bits per heavy atom. The van der Waals surface area contributed by atoms with Crippen LogP contribution >= 0.6 is 12.4 Å². The molecule has 0 saturated carbocycles. The van der Waals surface area contributed by atoms with E-state index >= 15 is 0 Å². The molecule has 1 aliphatic rings. The zero-order valence-corrected chi connectivity index (χ0v) is 13.6. The number of hydrogen-bond donors (Lipinski definition) is 2. The molecule has 0 spiro atoms. The lowest BCUT2D eigenvalue weighted by molar-refractivity contribution is 0.291. The lowest BCUT2D eigenvalue weighted by atomic mass is 9.92. The van der Waals surface area contributed by atoms with Gasteiger partial charge in [-0.05, 0) is 70.6 Å². The summed E-state index contributed by atoms with van der Waals surface area (Å²) in [5, 5.41) is 7.20. The minimum atomic E-state index is 0. The number of aryl methyl sites for hydroxylation is 1. The summed E-state index contributed by atoms with van der Waals surface area (Å²) in [4.78, 5) is 0. The Balaban J connectivity index is 0.00000200. The lowest BCUT2D eigenvalue weighted by Gasteiger charge is -2.31. The normalized spacial score (nSPS) is 16.7. The highest BCUT2D eigenvalue weighted by molar-refractivity contribution is 5.85. The summed E-state index contributed by atoms with van der Waals surface area (Å²) in [6, 6.07) is 10.8. The number of halogens is 1. The van der Waals surface area contributed by atoms with E-state index in [2.05, 4.69) is 54.8 Å². The first-order valence-electron chi connectivity index (χ1n) is 7.65. The van der Waals surface area contributed by atoms with Gasteiger partial charge in [0.05, 0.1) is 0 Å². The molecule has 0 bridgehead atoms. The van der Waals surface area contributed by atoms with Gasteiger partial charge in [-0.3, -0.25) is 0 Å². The summed E-state index contributed by atoms with van der Waals surface area (Å²) in [6.45, 7) is 8.21. The molecule has 0 unspecified atom stereocenters. The first-order valence-corrected chi connectivity index (χ1v) is 7.65. The van der Waals surface area contributed by atoms with E-state index in [1.807, 2.05) is 0 Å². The van der Waals surface area contributed by atoms with Crippen LogP contribution in [-0.4, -0.2) is 25.2 Å². The Morgan fingerprint density at radius 3 is 2.45 bits per heavy atom. The van der Waals surface area contributed by atoms with Crippen LogP contribution in [-0.2, 0) is 6.42 Å². The van der Waals surface area contributed by atoms with Crippen LogP contribution in [0.2, 0.25) is 0 Å². The third-order valence-corrected chi connectivity index (χ3v) is 4.21. The molecule has 0 aromatic heterocycles. The quantitative estimate of drug-likeness (QED) is 0.841. The molecule has 2 rings (SSSR count). The highest BCUT2D eigenvalue weighted by atomic mass is 35.5. The van der Waals surface area contributed by atoms with Crippen molar-refractivity contribution >= 4 is 12.4 Å². The minimum absolute atomic E-state index is 0. The summed E-state index contributed by atoms with van der Waals surface area (Å²) in [5.41, 5.74) is 1.68. The van der Waals surface area contributed by atoms with Crippen molar-refractivity contribution in [2.45, 2.75) is 45.1 Å². The largest absolute Gasteiger partial charge is 0.317 e. The number of rotatable bonds is 6. The van der Waals surface area contributed by atoms with Crippen molar-refractivity contribution in [3.05, 3.63) is 35.9 Å². The molecule has 2 N–H and O–H groups in total. The van der Waals surface area contributed by atoms with Gasteiger partial charge < -0.3 is 10.6 Å². The average molecular weight is 297 g/mol. The molecule has 20 heavy (non-hydrogen) atoms. The van der Waals surface area contributed by atoms with Gasteiger partial charge in [-0.25, -0.2) is 0 Å². The fourth-order valence-corrected chi connectivity index (χ4v) is 2.70. The summed E-state index contributed by atoms with van der Waals surface area (Å²) < 4.78 is 0. The second-order valence-electron chi connectivity index (χ2n) is 6.44. The molecule has 1 fully saturated rings. The van der Waals surface area contributed by atoms with Crippen molar-refractivity contribution in [3.63, 3.8) is 0 Å². The second-order valence-corrected chi connectivity index (χ2v) is 6.44. The Bertz CT molecular complexity index is 359. The van der Waals surface area contributed by atoms with E-state index < -0.39 is 0 Å². The van der Waals surface area contributed by atoms with Crippen LogP contribution in [0.4, 0.5) is 0 Å². The molecule has 0 radical (unpaired) electrons. The predicted octanol–water partition coefficient (Wildman–Crippen LogP) is 3.41. The minimum Gasteiger partial charge on any atom is -0.317 e. The van der Waals surface area contributed by atoms with Crippen molar-refractivity contribution in [1.82, 2.24) is 10.6 Å². The highest BCUT2D eigenvalue weighted by Gasteiger charge is 2.20. The molecule has 114 valence electrons. The van der Waals surface area contributed by atoms with Gasteiger partial charge in [0.2, 0.25) is 0 Å². The molecule has 2 nitrogen and oxygen atoms in total. The average Bonchev–Trinajstić information content (AvgIpc) is 2.46. The van der Waals surface area contributed by atoms with Crippen LogP contribution in [0.5, 0.6) is 0 Å². The summed E-state index contributed by atoms with van der Waals surface area (Å²) in [5.74, 6) is 0.859. The van der Waals surface area contributed by atoms with Crippen LogP contribution in [0.1, 0.15) is 38.7 Å². The number of nitrogens with one attached hydrogen (secondary N) is 2. The Labute approximate surface area is 130 Å². The van der Waals surface area contributed by atoms with Crippen molar-refractivity contribution in [3.8, 4) is 0 Å². The van der Waals surface area contributed by atoms with Crippen LogP contribution in [0.25, 0.3) is 0 Å². The lowest BCUT2D eigenvalue weighted by Crippen LogP contribution is -2.44. The van der Waals surface area contributed by atoms with Crippen molar-refractivity contribution < 1.29 is 0 Å². The van der Waals surface area contributed by atoms with Gasteiger partial charge in [0.1, 0.15) is 0 Å². The third kappa shape index (κ3) is 6.25. The van der Waals surface area contributed by atoms with E-state index in [0.717, 1.165) is 12.3 Å². The van der Waals surface area contributed by atoms with E-state index in [4.69, 9.17) is 0 Å². The van der Waals surface area contributed by atoms with Crippen LogP contribution in [0, 0.1) is 5.92 Å². The molecule has 0 amide bonds. The summed E-state index contributed by atoms with van der Waals surface area (Å²) in [6.07, 6.45) is 5.00. The molecular formula is C17H29ClN2. The zero-order valence-electron chi connectivity index (χ0n) is 12.8. The number of hydrogen-bond acceptors (Lipinski definition) is 2. The first kappa shape index (κ1) is 17.5. The smallest absolute Gasteiger partial charge is 0.0128 e. The highest BCUT2D eigenvalue weighted by Crippen LogP contribution is 2.16. The molecule has 1 aliphatic heterocycles. The molecular weight excluding hydrogens is 268 g/mol.